The maximum Gasteiger partial charge on any atom is 0.266 e. The molecule has 34 heavy (non-hydrogen) atoms. The predicted molar refractivity (Wildman–Crippen MR) is 135 cm³/mol. The minimum atomic E-state index is -0.242. The first kappa shape index (κ1) is 21.9. The van der Waals surface area contributed by atoms with E-state index in [9.17, 15) is 14.4 Å². The van der Waals surface area contributed by atoms with E-state index >= 15 is 0 Å². The zero-order valence-corrected chi connectivity index (χ0v) is 19.3. The van der Waals surface area contributed by atoms with Crippen molar-refractivity contribution >= 4 is 45.9 Å². The van der Waals surface area contributed by atoms with E-state index < -0.39 is 0 Å². The molecule has 2 amide bonds. The topological polar surface area (TPSA) is 84.3 Å². The number of amides is 2. The van der Waals surface area contributed by atoms with E-state index in [1.54, 1.807) is 28.8 Å². The first-order valence-electron chi connectivity index (χ1n) is 11.0. The highest BCUT2D eigenvalue weighted by Crippen LogP contribution is 2.30. The Balaban J connectivity index is 1.50. The van der Waals surface area contributed by atoms with Crippen molar-refractivity contribution in [1.29, 1.82) is 0 Å². The highest BCUT2D eigenvalue weighted by molar-refractivity contribution is 7.99. The zero-order chi connectivity index (χ0) is 23.7. The molecule has 0 spiro atoms. The molecule has 1 N–H and O–H groups in total. The lowest BCUT2D eigenvalue weighted by Gasteiger charge is -2.29. The van der Waals surface area contributed by atoms with E-state index in [-0.39, 0.29) is 29.7 Å². The highest BCUT2D eigenvalue weighted by atomic mass is 32.2. The number of aryl methyl sites for hydroxylation is 1. The summed E-state index contributed by atoms with van der Waals surface area (Å²) >= 11 is 1.19. The molecule has 8 heteroatoms. The number of carbonyl (C=O) groups excluding carboxylic acids is 2. The Morgan fingerprint density at radius 2 is 1.74 bits per heavy atom. The second kappa shape index (κ2) is 9.15. The van der Waals surface area contributed by atoms with Crippen molar-refractivity contribution in [1.82, 2.24) is 9.55 Å². The van der Waals surface area contributed by atoms with Crippen LogP contribution in [-0.2, 0) is 16.0 Å². The molecule has 1 aromatic heterocycles. The monoisotopic (exact) mass is 470 g/mol. The first-order valence-corrected chi connectivity index (χ1v) is 12.0. The van der Waals surface area contributed by atoms with Crippen molar-refractivity contribution in [3.63, 3.8) is 0 Å². The van der Waals surface area contributed by atoms with E-state index in [4.69, 9.17) is 4.98 Å². The third-order valence-electron chi connectivity index (χ3n) is 5.74. The van der Waals surface area contributed by atoms with E-state index in [1.165, 1.54) is 16.7 Å². The van der Waals surface area contributed by atoms with Crippen LogP contribution in [0.3, 0.4) is 0 Å². The standard InChI is InChI=1S/C26H22N4O3S/c1-2-17-11-13-18(14-12-17)30-25(33)19-7-3-4-8-20(19)28-26(30)34-16-24(32)29-15-23(31)27-21-9-5-6-10-22(21)29/h3-14H,2,15-16H2,1H3,(H,27,31). The summed E-state index contributed by atoms with van der Waals surface area (Å²) in [5.41, 5.74) is 3.51. The fraction of sp³-hybridized carbons (Fsp3) is 0.154. The Morgan fingerprint density at radius 1 is 1.00 bits per heavy atom. The number of hydrogen-bond acceptors (Lipinski definition) is 5. The van der Waals surface area contributed by atoms with Crippen LogP contribution in [0, 0.1) is 0 Å². The van der Waals surface area contributed by atoms with Gasteiger partial charge in [0.15, 0.2) is 5.16 Å². The predicted octanol–water partition coefficient (Wildman–Crippen LogP) is 4.03. The molecule has 0 bridgehead atoms. The summed E-state index contributed by atoms with van der Waals surface area (Å²) in [4.78, 5) is 44.9. The van der Waals surface area contributed by atoms with E-state index in [1.807, 2.05) is 48.5 Å². The number of fused-ring (bicyclic) bond motifs is 2. The minimum absolute atomic E-state index is 0.0272. The Labute approximate surface area is 200 Å². The third kappa shape index (κ3) is 4.08. The van der Waals surface area contributed by atoms with Crippen LogP contribution in [0.1, 0.15) is 12.5 Å². The largest absolute Gasteiger partial charge is 0.323 e. The third-order valence-corrected chi connectivity index (χ3v) is 6.67. The number of anilines is 2. The van der Waals surface area contributed by atoms with Crippen LogP contribution < -0.4 is 15.8 Å². The van der Waals surface area contributed by atoms with Gasteiger partial charge in [0.2, 0.25) is 11.8 Å². The van der Waals surface area contributed by atoms with Crippen molar-refractivity contribution in [3.8, 4) is 5.69 Å². The van der Waals surface area contributed by atoms with Crippen molar-refractivity contribution in [3.05, 3.63) is 88.7 Å². The van der Waals surface area contributed by atoms with Crippen molar-refractivity contribution < 1.29 is 9.59 Å². The van der Waals surface area contributed by atoms with E-state index in [0.717, 1.165) is 12.0 Å². The molecule has 0 atom stereocenters. The number of para-hydroxylation sites is 3. The molecule has 0 radical (unpaired) electrons. The van der Waals surface area contributed by atoms with Gasteiger partial charge in [0, 0.05) is 0 Å². The number of carbonyl (C=O) groups is 2. The Morgan fingerprint density at radius 3 is 2.53 bits per heavy atom. The van der Waals surface area contributed by atoms with Gasteiger partial charge in [-0.2, -0.15) is 0 Å². The van der Waals surface area contributed by atoms with E-state index in [2.05, 4.69) is 12.2 Å². The quantitative estimate of drug-likeness (QED) is 0.352. The van der Waals surface area contributed by atoms with Crippen LogP contribution in [0.4, 0.5) is 11.4 Å². The SMILES string of the molecule is CCc1ccc(-n2c(SCC(=O)N3CC(=O)Nc4ccccc43)nc3ccccc3c2=O)cc1. The smallest absolute Gasteiger partial charge is 0.266 e. The normalized spacial score (nSPS) is 13.0. The molecule has 7 nitrogen and oxygen atoms in total. The summed E-state index contributed by atoms with van der Waals surface area (Å²) < 4.78 is 1.55. The second-order valence-corrected chi connectivity index (χ2v) is 8.85. The van der Waals surface area contributed by atoms with Crippen LogP contribution >= 0.6 is 11.8 Å². The number of nitrogens with zero attached hydrogens (tertiary/aromatic N) is 3. The molecule has 4 aromatic rings. The summed E-state index contributed by atoms with van der Waals surface area (Å²) in [6.07, 6.45) is 0.895. The lowest BCUT2D eigenvalue weighted by molar-refractivity contribution is -0.120. The number of hydrogen-bond donors (Lipinski definition) is 1. The van der Waals surface area contributed by atoms with Gasteiger partial charge in [-0.05, 0) is 48.4 Å². The van der Waals surface area contributed by atoms with Crippen molar-refractivity contribution in [2.75, 3.05) is 22.5 Å². The maximum absolute atomic E-state index is 13.4. The molecule has 0 saturated carbocycles. The molecule has 0 unspecified atom stereocenters. The highest BCUT2D eigenvalue weighted by Gasteiger charge is 2.27. The molecule has 170 valence electrons. The summed E-state index contributed by atoms with van der Waals surface area (Å²) in [7, 11) is 0. The number of thioether (sulfide) groups is 1. The lowest BCUT2D eigenvalue weighted by Crippen LogP contribution is -2.43. The molecule has 1 aliphatic rings. The number of benzene rings is 3. The summed E-state index contributed by atoms with van der Waals surface area (Å²) in [5, 5.41) is 3.73. The number of rotatable bonds is 5. The lowest BCUT2D eigenvalue weighted by atomic mass is 10.1. The molecular weight excluding hydrogens is 448 g/mol. The Hall–Kier alpha value is -3.91. The number of aromatic nitrogens is 2. The van der Waals surface area contributed by atoms with Gasteiger partial charge in [0.1, 0.15) is 6.54 Å². The molecule has 0 fully saturated rings. The van der Waals surface area contributed by atoms with Crippen LogP contribution in [0.25, 0.3) is 16.6 Å². The average Bonchev–Trinajstić information content (AvgIpc) is 2.87. The van der Waals surface area contributed by atoms with Gasteiger partial charge in [-0.25, -0.2) is 4.98 Å². The molecule has 0 saturated heterocycles. The Bertz CT molecular complexity index is 1460. The van der Waals surface area contributed by atoms with Crippen LogP contribution in [-0.4, -0.2) is 33.7 Å². The van der Waals surface area contributed by atoms with Gasteiger partial charge in [-0.1, -0.05) is 55.1 Å². The number of nitrogens with one attached hydrogen (secondary N) is 1. The fourth-order valence-electron chi connectivity index (χ4n) is 3.98. The fourth-order valence-corrected chi connectivity index (χ4v) is 4.87. The van der Waals surface area contributed by atoms with Crippen LogP contribution in [0.15, 0.2) is 82.7 Å². The summed E-state index contributed by atoms with van der Waals surface area (Å²) in [6.45, 7) is 2.03. The molecule has 3 aromatic carbocycles. The van der Waals surface area contributed by atoms with Crippen LogP contribution in [0.5, 0.6) is 0 Å². The van der Waals surface area contributed by atoms with Gasteiger partial charge in [0.25, 0.3) is 5.56 Å². The van der Waals surface area contributed by atoms with Gasteiger partial charge in [-0.15, -0.1) is 0 Å². The molecule has 0 aliphatic carbocycles. The van der Waals surface area contributed by atoms with E-state index in [0.29, 0.717) is 33.1 Å². The second-order valence-electron chi connectivity index (χ2n) is 7.91. The van der Waals surface area contributed by atoms with Crippen molar-refractivity contribution in [2.45, 2.75) is 18.5 Å². The average molecular weight is 471 g/mol. The van der Waals surface area contributed by atoms with Crippen LogP contribution in [0.2, 0.25) is 0 Å². The molecule has 1 aliphatic heterocycles. The molecule has 2 heterocycles. The zero-order valence-electron chi connectivity index (χ0n) is 18.5. The Kier molecular flexibility index (Phi) is 5.90. The van der Waals surface area contributed by atoms with Gasteiger partial charge >= 0.3 is 0 Å². The van der Waals surface area contributed by atoms with Gasteiger partial charge in [0.05, 0.1) is 33.7 Å². The van der Waals surface area contributed by atoms with Crippen molar-refractivity contribution in [2.24, 2.45) is 0 Å². The maximum atomic E-state index is 13.4. The van der Waals surface area contributed by atoms with Gasteiger partial charge in [-0.3, -0.25) is 19.0 Å². The molecular formula is C26H22N4O3S. The summed E-state index contributed by atoms with van der Waals surface area (Å²) in [5.74, 6) is -0.448. The summed E-state index contributed by atoms with van der Waals surface area (Å²) in [6, 6.07) is 22.2. The molecule has 5 rings (SSSR count). The van der Waals surface area contributed by atoms with Gasteiger partial charge < -0.3 is 10.2 Å². The minimum Gasteiger partial charge on any atom is -0.323 e. The first-order chi connectivity index (χ1) is 16.5.